The highest BCUT2D eigenvalue weighted by Gasteiger charge is 2.27. The van der Waals surface area contributed by atoms with Crippen molar-refractivity contribution >= 4 is 23.2 Å². The normalized spacial score (nSPS) is 15.6. The van der Waals surface area contributed by atoms with Gasteiger partial charge in [-0.2, -0.15) is 5.10 Å². The van der Waals surface area contributed by atoms with Crippen LogP contribution in [0.4, 0.5) is 11.4 Å². The van der Waals surface area contributed by atoms with Crippen LogP contribution in [0.1, 0.15) is 40.5 Å². The van der Waals surface area contributed by atoms with E-state index in [1.54, 1.807) is 0 Å². The van der Waals surface area contributed by atoms with Crippen molar-refractivity contribution in [1.82, 2.24) is 14.7 Å². The van der Waals surface area contributed by atoms with Crippen LogP contribution in [0.3, 0.4) is 0 Å². The number of anilines is 2. The van der Waals surface area contributed by atoms with Gasteiger partial charge < -0.3 is 15.1 Å². The fourth-order valence-corrected chi connectivity index (χ4v) is 4.48. The van der Waals surface area contributed by atoms with E-state index in [2.05, 4.69) is 53.4 Å². The van der Waals surface area contributed by atoms with Crippen molar-refractivity contribution < 1.29 is 9.59 Å². The van der Waals surface area contributed by atoms with Crippen molar-refractivity contribution in [1.29, 1.82) is 0 Å². The maximum absolute atomic E-state index is 12.9. The van der Waals surface area contributed by atoms with Crippen LogP contribution in [0.15, 0.2) is 59.4 Å². The van der Waals surface area contributed by atoms with Gasteiger partial charge in [0.1, 0.15) is 5.69 Å². The molecule has 0 unspecified atom stereocenters. The lowest BCUT2D eigenvalue weighted by Crippen LogP contribution is -2.54. The molecule has 1 aliphatic rings. The Bertz CT molecular complexity index is 1330. The molecule has 8 nitrogen and oxygen atoms in total. The fourth-order valence-electron chi connectivity index (χ4n) is 4.48. The quantitative estimate of drug-likeness (QED) is 0.575. The van der Waals surface area contributed by atoms with Crippen LogP contribution in [0.25, 0.3) is 0 Å². The summed E-state index contributed by atoms with van der Waals surface area (Å²) in [7, 11) is 0. The van der Waals surface area contributed by atoms with Gasteiger partial charge in [0.05, 0.1) is 6.54 Å². The molecule has 36 heavy (non-hydrogen) atoms. The van der Waals surface area contributed by atoms with E-state index < -0.39 is 5.91 Å². The molecule has 1 N–H and O–H groups in total. The summed E-state index contributed by atoms with van der Waals surface area (Å²) in [6.45, 7) is 10.3. The number of nitrogens with zero attached hydrogens (tertiary/aromatic N) is 4. The molecule has 0 aliphatic carbocycles. The van der Waals surface area contributed by atoms with Gasteiger partial charge in [-0.15, -0.1) is 0 Å². The van der Waals surface area contributed by atoms with Crippen molar-refractivity contribution in [3.05, 3.63) is 87.3 Å². The van der Waals surface area contributed by atoms with Gasteiger partial charge in [-0.3, -0.25) is 14.4 Å². The molecule has 2 aromatic carbocycles. The van der Waals surface area contributed by atoms with Crippen LogP contribution in [-0.4, -0.2) is 52.2 Å². The first-order chi connectivity index (χ1) is 17.2. The van der Waals surface area contributed by atoms with E-state index in [9.17, 15) is 14.4 Å². The summed E-state index contributed by atoms with van der Waals surface area (Å²) in [4.78, 5) is 42.1. The van der Waals surface area contributed by atoms with Gasteiger partial charge in [-0.25, -0.2) is 4.68 Å². The predicted molar refractivity (Wildman–Crippen MR) is 142 cm³/mol. The third-order valence-electron chi connectivity index (χ3n) is 6.72. The van der Waals surface area contributed by atoms with Crippen LogP contribution in [0.5, 0.6) is 0 Å². The first-order valence-electron chi connectivity index (χ1n) is 12.3. The number of carbonyl (C=O) groups excluding carboxylic acids is 2. The zero-order chi connectivity index (χ0) is 25.8. The second kappa shape index (κ2) is 10.8. The van der Waals surface area contributed by atoms with Crippen LogP contribution in [0, 0.1) is 20.8 Å². The van der Waals surface area contributed by atoms with Crippen molar-refractivity contribution in [2.45, 2.75) is 46.7 Å². The van der Waals surface area contributed by atoms with Gasteiger partial charge in [-0.1, -0.05) is 18.2 Å². The Morgan fingerprint density at radius 2 is 1.81 bits per heavy atom. The number of hydrogen-bond donors (Lipinski definition) is 1. The second-order valence-corrected chi connectivity index (χ2v) is 9.50. The standard InChI is InChI=1S/C28H33N5O3/c1-19-6-5-7-24(16-19)32-15-14-31(18-22(32)4)26(34)12-13-33-27(35)11-10-25(30-33)28(36)29-23-9-8-20(2)21(3)17-23/h5-11,16-17,22H,12-15,18H2,1-4H3,(H,29,36)/t22-/m0/s1. The van der Waals surface area contributed by atoms with Gasteiger partial charge in [0.25, 0.3) is 11.5 Å². The van der Waals surface area contributed by atoms with Gasteiger partial charge in [0.15, 0.2) is 0 Å². The Morgan fingerprint density at radius 3 is 2.53 bits per heavy atom. The van der Waals surface area contributed by atoms with Crippen LogP contribution in [0.2, 0.25) is 0 Å². The summed E-state index contributed by atoms with van der Waals surface area (Å²) in [5.41, 5.74) is 5.02. The Morgan fingerprint density at radius 1 is 1.00 bits per heavy atom. The first-order valence-corrected chi connectivity index (χ1v) is 12.3. The minimum Gasteiger partial charge on any atom is -0.365 e. The maximum atomic E-state index is 12.9. The predicted octanol–water partition coefficient (Wildman–Crippen LogP) is 3.55. The second-order valence-electron chi connectivity index (χ2n) is 9.50. The highest BCUT2D eigenvalue weighted by atomic mass is 16.2. The molecule has 1 fully saturated rings. The average molecular weight is 488 g/mol. The van der Waals surface area contributed by atoms with E-state index in [1.165, 1.54) is 28.1 Å². The number of benzene rings is 2. The number of nitrogens with one attached hydrogen (secondary N) is 1. The smallest absolute Gasteiger partial charge is 0.276 e. The molecule has 2 amide bonds. The summed E-state index contributed by atoms with van der Waals surface area (Å²) in [5, 5.41) is 7.03. The minimum atomic E-state index is -0.403. The lowest BCUT2D eigenvalue weighted by molar-refractivity contribution is -0.132. The van der Waals surface area contributed by atoms with Crippen molar-refractivity contribution in [2.75, 3.05) is 29.9 Å². The SMILES string of the molecule is Cc1cccc(N2CCN(C(=O)CCn3nc(C(=O)Nc4ccc(C)c(C)c4)ccc3=O)C[C@@H]2C)c1. The van der Waals surface area contributed by atoms with Gasteiger partial charge in [0, 0.05) is 49.5 Å². The number of carbonyl (C=O) groups is 2. The minimum absolute atomic E-state index is 0.0237. The van der Waals surface area contributed by atoms with Gasteiger partial charge in [0.2, 0.25) is 5.91 Å². The Kier molecular flexibility index (Phi) is 7.52. The summed E-state index contributed by atoms with van der Waals surface area (Å²) in [6, 6.07) is 16.9. The number of aromatic nitrogens is 2. The lowest BCUT2D eigenvalue weighted by Gasteiger charge is -2.41. The Hall–Kier alpha value is -3.94. The lowest BCUT2D eigenvalue weighted by atomic mass is 10.1. The molecule has 1 aliphatic heterocycles. The van der Waals surface area contributed by atoms with Gasteiger partial charge >= 0.3 is 0 Å². The molecule has 8 heteroatoms. The fraction of sp³-hybridized carbons (Fsp3) is 0.357. The molecule has 0 saturated carbocycles. The number of piperazine rings is 1. The summed E-state index contributed by atoms with van der Waals surface area (Å²) >= 11 is 0. The zero-order valence-electron chi connectivity index (χ0n) is 21.3. The van der Waals surface area contributed by atoms with Crippen LogP contribution in [-0.2, 0) is 11.3 Å². The Balaban J connectivity index is 1.36. The molecule has 3 aromatic rings. The van der Waals surface area contributed by atoms with Crippen molar-refractivity contribution in [3.8, 4) is 0 Å². The van der Waals surface area contributed by atoms with E-state index in [1.807, 2.05) is 36.9 Å². The number of hydrogen-bond acceptors (Lipinski definition) is 5. The third kappa shape index (κ3) is 5.82. The van der Waals surface area contributed by atoms with Crippen molar-refractivity contribution in [3.63, 3.8) is 0 Å². The Labute approximate surface area is 211 Å². The van der Waals surface area contributed by atoms with Crippen molar-refractivity contribution in [2.24, 2.45) is 0 Å². The molecule has 0 bridgehead atoms. The summed E-state index contributed by atoms with van der Waals surface area (Å²) in [5.74, 6) is -0.427. The van der Waals surface area contributed by atoms with E-state index in [-0.39, 0.29) is 36.2 Å². The molecular formula is C28H33N5O3. The zero-order valence-corrected chi connectivity index (χ0v) is 21.3. The molecule has 2 heterocycles. The molecule has 1 saturated heterocycles. The topological polar surface area (TPSA) is 87.5 Å². The van der Waals surface area contributed by atoms with Crippen LogP contribution >= 0.6 is 0 Å². The number of amides is 2. The van der Waals surface area contributed by atoms with E-state index in [4.69, 9.17) is 0 Å². The largest absolute Gasteiger partial charge is 0.365 e. The number of rotatable bonds is 6. The molecule has 0 radical (unpaired) electrons. The highest BCUT2D eigenvalue weighted by Crippen LogP contribution is 2.22. The third-order valence-corrected chi connectivity index (χ3v) is 6.72. The number of aryl methyl sites for hydroxylation is 4. The highest BCUT2D eigenvalue weighted by molar-refractivity contribution is 6.02. The monoisotopic (exact) mass is 487 g/mol. The van der Waals surface area contributed by atoms with Gasteiger partial charge in [-0.05, 0) is 74.7 Å². The summed E-state index contributed by atoms with van der Waals surface area (Å²) < 4.78 is 1.19. The average Bonchev–Trinajstić information content (AvgIpc) is 2.85. The molecular weight excluding hydrogens is 454 g/mol. The molecule has 1 atom stereocenters. The molecule has 188 valence electrons. The molecule has 1 aromatic heterocycles. The van der Waals surface area contributed by atoms with Crippen LogP contribution < -0.4 is 15.8 Å². The maximum Gasteiger partial charge on any atom is 0.276 e. The van der Waals surface area contributed by atoms with E-state index in [0.717, 1.165) is 17.7 Å². The van der Waals surface area contributed by atoms with E-state index in [0.29, 0.717) is 18.8 Å². The van der Waals surface area contributed by atoms with E-state index >= 15 is 0 Å². The summed E-state index contributed by atoms with van der Waals surface area (Å²) in [6.07, 6.45) is 0.145. The molecule has 0 spiro atoms. The molecule has 4 rings (SSSR count). The first kappa shape index (κ1) is 25.2.